The molecule has 0 saturated carbocycles. The highest BCUT2D eigenvalue weighted by atomic mass is 19.1. The highest BCUT2D eigenvalue weighted by Gasteiger charge is 2.22. The molecule has 4 rings (SSSR count). The monoisotopic (exact) mass is 495 g/mol. The molecule has 1 atom stereocenters. The minimum atomic E-state index is -0.601. The third-order valence-electron chi connectivity index (χ3n) is 6.71. The van der Waals surface area contributed by atoms with Crippen molar-refractivity contribution < 1.29 is 18.7 Å². The number of nitrogens with zero attached hydrogens (tertiary/aromatic N) is 1. The van der Waals surface area contributed by atoms with Gasteiger partial charge in [0.05, 0.1) is 6.10 Å². The average Bonchev–Trinajstić information content (AvgIpc) is 3.38. The molecule has 1 fully saturated rings. The highest BCUT2D eigenvalue weighted by molar-refractivity contribution is 5.99. The molecule has 36 heavy (non-hydrogen) atoms. The van der Waals surface area contributed by atoms with Crippen LogP contribution >= 0.6 is 0 Å². The van der Waals surface area contributed by atoms with Crippen LogP contribution in [0.4, 0.5) is 4.39 Å². The third-order valence-corrected chi connectivity index (χ3v) is 6.71. The van der Waals surface area contributed by atoms with Crippen molar-refractivity contribution in [1.82, 2.24) is 15.2 Å². The van der Waals surface area contributed by atoms with E-state index in [1.807, 2.05) is 0 Å². The Balaban J connectivity index is 1.46. The van der Waals surface area contributed by atoms with Gasteiger partial charge in [0.2, 0.25) is 5.43 Å². The summed E-state index contributed by atoms with van der Waals surface area (Å²) >= 11 is 0. The predicted octanol–water partition coefficient (Wildman–Crippen LogP) is 3.76. The number of amides is 2. The number of rotatable bonds is 10. The van der Waals surface area contributed by atoms with Gasteiger partial charge in [-0.25, -0.2) is 4.39 Å². The fraction of sp³-hybridized carbons (Fsp3) is 0.464. The Labute approximate surface area is 210 Å². The number of hydrogen-bond acceptors (Lipinski definition) is 4. The molecule has 8 heteroatoms. The van der Waals surface area contributed by atoms with Crippen LogP contribution in [0, 0.1) is 5.82 Å². The Hall–Kier alpha value is -3.26. The summed E-state index contributed by atoms with van der Waals surface area (Å²) in [6.07, 6.45) is 12.8. The van der Waals surface area contributed by atoms with E-state index in [1.54, 1.807) is 16.7 Å². The fourth-order valence-corrected chi connectivity index (χ4v) is 4.76. The Morgan fingerprint density at radius 3 is 2.42 bits per heavy atom. The molecule has 2 amide bonds. The highest BCUT2D eigenvalue weighted by Crippen LogP contribution is 2.19. The number of benzene rings is 1. The zero-order valence-electron chi connectivity index (χ0n) is 20.6. The van der Waals surface area contributed by atoms with E-state index in [1.165, 1.54) is 42.9 Å². The van der Waals surface area contributed by atoms with Crippen molar-refractivity contribution in [3.63, 3.8) is 0 Å². The molecule has 2 aromatic rings. The smallest absolute Gasteiger partial charge is 0.256 e. The first-order valence-corrected chi connectivity index (χ1v) is 12.8. The number of pyridine rings is 1. The minimum absolute atomic E-state index is 0.0226. The van der Waals surface area contributed by atoms with Crippen molar-refractivity contribution in [2.45, 2.75) is 64.0 Å². The van der Waals surface area contributed by atoms with Gasteiger partial charge in [-0.15, -0.1) is 0 Å². The van der Waals surface area contributed by atoms with Crippen LogP contribution < -0.4 is 16.1 Å². The summed E-state index contributed by atoms with van der Waals surface area (Å²) in [6, 6.07) is 6.16. The van der Waals surface area contributed by atoms with Gasteiger partial charge in [0.15, 0.2) is 0 Å². The summed E-state index contributed by atoms with van der Waals surface area (Å²) in [6.45, 7) is 1.82. The van der Waals surface area contributed by atoms with Crippen LogP contribution in [0.25, 0.3) is 0 Å². The molecular formula is C28H34FN3O4. The number of ether oxygens (including phenoxy) is 1. The maximum Gasteiger partial charge on any atom is 0.256 e. The summed E-state index contributed by atoms with van der Waals surface area (Å²) in [5.74, 6) is -1.37. The number of aromatic nitrogens is 1. The van der Waals surface area contributed by atoms with E-state index in [9.17, 15) is 18.8 Å². The van der Waals surface area contributed by atoms with Gasteiger partial charge in [-0.05, 0) is 69.1 Å². The Morgan fingerprint density at radius 2 is 1.78 bits per heavy atom. The van der Waals surface area contributed by atoms with Crippen LogP contribution in [0.2, 0.25) is 0 Å². The molecule has 1 unspecified atom stereocenters. The zero-order chi connectivity index (χ0) is 25.3. The number of halogens is 1. The van der Waals surface area contributed by atoms with E-state index in [0.29, 0.717) is 26.1 Å². The molecule has 0 spiro atoms. The molecule has 1 saturated heterocycles. The normalized spacial score (nSPS) is 17.5. The van der Waals surface area contributed by atoms with E-state index in [2.05, 4.69) is 16.7 Å². The number of carbonyl (C=O) groups excluding carboxylic acids is 2. The lowest BCUT2D eigenvalue weighted by Crippen LogP contribution is -2.36. The maximum absolute atomic E-state index is 13.4. The van der Waals surface area contributed by atoms with Crippen LogP contribution in [0.3, 0.4) is 0 Å². The lowest BCUT2D eigenvalue weighted by Gasteiger charge is -2.16. The summed E-state index contributed by atoms with van der Waals surface area (Å²) in [5.41, 5.74) is 1.34. The van der Waals surface area contributed by atoms with Crippen molar-refractivity contribution in [3.8, 4) is 0 Å². The van der Waals surface area contributed by atoms with Gasteiger partial charge in [0.1, 0.15) is 16.9 Å². The van der Waals surface area contributed by atoms with Gasteiger partial charge in [-0.2, -0.15) is 0 Å². The van der Waals surface area contributed by atoms with Crippen LogP contribution in [0.1, 0.15) is 71.2 Å². The van der Waals surface area contributed by atoms with Crippen LogP contribution in [-0.2, 0) is 17.7 Å². The van der Waals surface area contributed by atoms with Crippen molar-refractivity contribution in [2.24, 2.45) is 0 Å². The molecule has 2 N–H and O–H groups in total. The van der Waals surface area contributed by atoms with Crippen molar-refractivity contribution in [2.75, 3.05) is 19.7 Å². The SMILES string of the molecule is O=C(NCCC1=CCCCC1)c1cn(CC2CCCO2)cc(C(=O)NCCc2cccc(F)c2)c1=O. The second-order valence-electron chi connectivity index (χ2n) is 9.50. The van der Waals surface area contributed by atoms with Gasteiger partial charge in [-0.3, -0.25) is 14.4 Å². The second-order valence-corrected chi connectivity index (χ2v) is 9.50. The number of allylic oxidation sites excluding steroid dienone is 1. The van der Waals surface area contributed by atoms with Gasteiger partial charge >= 0.3 is 0 Å². The predicted molar refractivity (Wildman–Crippen MR) is 136 cm³/mol. The third kappa shape index (κ3) is 7.13. The number of nitrogens with one attached hydrogen (secondary N) is 2. The quantitative estimate of drug-likeness (QED) is 0.491. The molecule has 1 aromatic carbocycles. The van der Waals surface area contributed by atoms with E-state index in [4.69, 9.17) is 4.74 Å². The standard InChI is InChI=1S/C28H34FN3O4/c29-22-9-4-8-21(16-22)12-14-31-28(35)25-19-32(17-23-10-5-15-36-23)18-24(26(25)33)27(34)30-13-11-20-6-2-1-3-7-20/h4,6,8-9,16,18-19,23H,1-3,5,7,10-15,17H2,(H,30,34)(H,31,35). The van der Waals surface area contributed by atoms with Gasteiger partial charge in [-0.1, -0.05) is 23.8 Å². The van der Waals surface area contributed by atoms with Gasteiger partial charge in [0.25, 0.3) is 11.8 Å². The van der Waals surface area contributed by atoms with Crippen molar-refractivity contribution in [1.29, 1.82) is 0 Å². The van der Waals surface area contributed by atoms with E-state index in [0.717, 1.165) is 37.7 Å². The molecule has 1 aromatic heterocycles. The maximum atomic E-state index is 13.4. The summed E-state index contributed by atoms with van der Waals surface area (Å²) in [4.78, 5) is 39.1. The minimum Gasteiger partial charge on any atom is -0.376 e. The van der Waals surface area contributed by atoms with E-state index < -0.39 is 17.2 Å². The molecule has 0 bridgehead atoms. The molecule has 7 nitrogen and oxygen atoms in total. The van der Waals surface area contributed by atoms with E-state index in [-0.39, 0.29) is 29.6 Å². The lowest BCUT2D eigenvalue weighted by molar-refractivity contribution is 0.0926. The summed E-state index contributed by atoms with van der Waals surface area (Å²) in [7, 11) is 0. The van der Waals surface area contributed by atoms with Gasteiger partial charge < -0.3 is 19.9 Å². The van der Waals surface area contributed by atoms with Crippen molar-refractivity contribution in [3.05, 3.63) is 81.0 Å². The first kappa shape index (κ1) is 25.8. The first-order chi connectivity index (χ1) is 17.5. The average molecular weight is 496 g/mol. The van der Waals surface area contributed by atoms with Gasteiger partial charge in [0, 0.05) is 38.6 Å². The zero-order valence-corrected chi connectivity index (χ0v) is 20.6. The summed E-state index contributed by atoms with van der Waals surface area (Å²) < 4.78 is 20.8. The topological polar surface area (TPSA) is 89.4 Å². The number of carbonyl (C=O) groups is 2. The molecule has 1 aliphatic heterocycles. The Kier molecular flexibility index (Phi) is 9.06. The van der Waals surface area contributed by atoms with Crippen molar-refractivity contribution >= 4 is 11.8 Å². The Morgan fingerprint density at radius 1 is 1.03 bits per heavy atom. The lowest BCUT2D eigenvalue weighted by atomic mass is 9.97. The summed E-state index contributed by atoms with van der Waals surface area (Å²) in [5, 5.41) is 5.59. The second kappa shape index (κ2) is 12.6. The largest absolute Gasteiger partial charge is 0.376 e. The van der Waals surface area contributed by atoms with Crippen LogP contribution in [0.5, 0.6) is 0 Å². The molecule has 192 valence electrons. The molecule has 0 radical (unpaired) electrons. The first-order valence-electron chi connectivity index (χ1n) is 12.8. The van der Waals surface area contributed by atoms with Crippen LogP contribution in [0.15, 0.2) is 53.1 Å². The fourth-order valence-electron chi connectivity index (χ4n) is 4.76. The molecule has 2 heterocycles. The van der Waals surface area contributed by atoms with Crippen LogP contribution in [-0.4, -0.2) is 42.2 Å². The Bertz CT molecular complexity index is 1170. The number of hydrogen-bond donors (Lipinski definition) is 2. The van der Waals surface area contributed by atoms with E-state index >= 15 is 0 Å². The molecule has 2 aliphatic rings. The molecular weight excluding hydrogens is 461 g/mol. The molecule has 1 aliphatic carbocycles.